The molecule has 0 saturated carbocycles. The van der Waals surface area contributed by atoms with Crippen LogP contribution >= 0.6 is 11.8 Å². The summed E-state index contributed by atoms with van der Waals surface area (Å²) in [7, 11) is 2.95. The number of nitrogen functional groups attached to an aromatic ring is 1. The first-order chi connectivity index (χ1) is 11.1. The average Bonchev–Trinajstić information content (AvgIpc) is 2.54. The highest BCUT2D eigenvalue weighted by atomic mass is 32.2. The van der Waals surface area contributed by atoms with E-state index >= 15 is 0 Å². The fourth-order valence-electron chi connectivity index (χ4n) is 1.54. The SMILES string of the molecule is C=CC(=O)Nc1cc(N)nc(Sc2c(OC)ncnc2OC)n1. The van der Waals surface area contributed by atoms with Gasteiger partial charge in [0.05, 0.1) is 14.2 Å². The Labute approximate surface area is 136 Å². The number of amides is 1. The molecule has 2 aromatic rings. The molecule has 9 nitrogen and oxygen atoms in total. The fraction of sp³-hybridized carbons (Fsp3) is 0.154. The van der Waals surface area contributed by atoms with Gasteiger partial charge in [0, 0.05) is 6.07 Å². The van der Waals surface area contributed by atoms with Crippen molar-refractivity contribution in [3.63, 3.8) is 0 Å². The van der Waals surface area contributed by atoms with Gasteiger partial charge in [0.15, 0.2) is 5.16 Å². The van der Waals surface area contributed by atoms with Gasteiger partial charge in [0.1, 0.15) is 22.9 Å². The summed E-state index contributed by atoms with van der Waals surface area (Å²) >= 11 is 1.10. The van der Waals surface area contributed by atoms with Crippen molar-refractivity contribution in [3.05, 3.63) is 25.0 Å². The molecule has 120 valence electrons. The molecule has 2 aromatic heterocycles. The molecule has 0 spiro atoms. The van der Waals surface area contributed by atoms with E-state index in [4.69, 9.17) is 15.2 Å². The van der Waals surface area contributed by atoms with Gasteiger partial charge in [-0.1, -0.05) is 6.58 Å². The van der Waals surface area contributed by atoms with Crippen LogP contribution in [-0.2, 0) is 4.79 Å². The van der Waals surface area contributed by atoms with E-state index in [2.05, 4.69) is 31.8 Å². The Morgan fingerprint density at radius 2 is 1.96 bits per heavy atom. The predicted octanol–water partition coefficient (Wildman–Crippen LogP) is 1.14. The quantitative estimate of drug-likeness (QED) is 0.590. The van der Waals surface area contributed by atoms with Gasteiger partial charge in [-0.25, -0.2) is 19.9 Å². The third kappa shape index (κ3) is 4.07. The van der Waals surface area contributed by atoms with E-state index in [1.54, 1.807) is 0 Å². The normalized spacial score (nSPS) is 10.0. The second kappa shape index (κ2) is 7.40. The van der Waals surface area contributed by atoms with Crippen molar-refractivity contribution in [2.75, 3.05) is 25.3 Å². The topological polar surface area (TPSA) is 125 Å². The number of carbonyl (C=O) groups is 1. The first-order valence-electron chi connectivity index (χ1n) is 6.26. The molecule has 0 aromatic carbocycles. The molecule has 0 aliphatic rings. The van der Waals surface area contributed by atoms with Crippen molar-refractivity contribution in [1.29, 1.82) is 0 Å². The molecule has 0 atom stereocenters. The number of aromatic nitrogens is 4. The molecule has 0 radical (unpaired) electrons. The van der Waals surface area contributed by atoms with Gasteiger partial charge in [0.2, 0.25) is 17.7 Å². The van der Waals surface area contributed by atoms with Crippen molar-refractivity contribution in [3.8, 4) is 11.8 Å². The van der Waals surface area contributed by atoms with Gasteiger partial charge >= 0.3 is 0 Å². The summed E-state index contributed by atoms with van der Waals surface area (Å²) in [4.78, 5) is 28.2. The zero-order valence-electron chi connectivity index (χ0n) is 12.4. The highest BCUT2D eigenvalue weighted by molar-refractivity contribution is 7.99. The summed E-state index contributed by atoms with van der Waals surface area (Å²) in [6.45, 7) is 3.37. The Morgan fingerprint density at radius 1 is 1.30 bits per heavy atom. The molecule has 0 unspecified atom stereocenters. The molecule has 0 aliphatic heterocycles. The van der Waals surface area contributed by atoms with Crippen molar-refractivity contribution >= 4 is 29.3 Å². The van der Waals surface area contributed by atoms with Crippen LogP contribution in [0.3, 0.4) is 0 Å². The van der Waals surface area contributed by atoms with Crippen LogP contribution in [0.25, 0.3) is 0 Å². The molecule has 0 saturated heterocycles. The van der Waals surface area contributed by atoms with Crippen molar-refractivity contribution in [1.82, 2.24) is 19.9 Å². The highest BCUT2D eigenvalue weighted by Crippen LogP contribution is 2.38. The lowest BCUT2D eigenvalue weighted by atomic mass is 10.5. The van der Waals surface area contributed by atoms with Crippen molar-refractivity contribution in [2.24, 2.45) is 0 Å². The molecule has 1 amide bonds. The largest absolute Gasteiger partial charge is 0.480 e. The number of hydrogen-bond acceptors (Lipinski definition) is 9. The van der Waals surface area contributed by atoms with E-state index in [0.717, 1.165) is 17.8 Å². The Kier molecular flexibility index (Phi) is 5.31. The summed E-state index contributed by atoms with van der Waals surface area (Å²) in [5.74, 6) is 0.655. The molecule has 3 N–H and O–H groups in total. The van der Waals surface area contributed by atoms with E-state index in [1.165, 1.54) is 26.6 Å². The predicted molar refractivity (Wildman–Crippen MR) is 84.5 cm³/mol. The number of rotatable bonds is 6. The van der Waals surface area contributed by atoms with Gasteiger partial charge in [-0.15, -0.1) is 0 Å². The second-order valence-electron chi connectivity index (χ2n) is 3.98. The Hall–Kier alpha value is -2.88. The number of nitrogens with one attached hydrogen (secondary N) is 1. The van der Waals surface area contributed by atoms with Crippen LogP contribution in [0.5, 0.6) is 11.8 Å². The monoisotopic (exact) mass is 334 g/mol. The second-order valence-corrected chi connectivity index (χ2v) is 4.95. The number of ether oxygens (including phenoxy) is 2. The molecule has 2 rings (SSSR count). The number of nitrogens with two attached hydrogens (primary N) is 1. The van der Waals surface area contributed by atoms with Gasteiger partial charge in [-0.3, -0.25) is 4.79 Å². The van der Waals surface area contributed by atoms with E-state index in [1.807, 2.05) is 0 Å². The maximum Gasteiger partial charge on any atom is 0.248 e. The standard InChI is InChI=1S/C13H14N6O3S/c1-4-9(20)18-8-5-7(14)17-13(19-8)23-10-11(21-2)15-6-16-12(10)22-3/h4-6H,1H2,2-3H3,(H3,14,17,18,19,20). The molecular formula is C13H14N6O3S. The van der Waals surface area contributed by atoms with E-state index in [-0.39, 0.29) is 16.8 Å². The lowest BCUT2D eigenvalue weighted by molar-refractivity contribution is -0.111. The number of nitrogens with zero attached hydrogens (tertiary/aromatic N) is 4. The fourth-order valence-corrected chi connectivity index (χ4v) is 2.47. The Balaban J connectivity index is 2.37. The smallest absolute Gasteiger partial charge is 0.248 e. The minimum Gasteiger partial charge on any atom is -0.480 e. The van der Waals surface area contributed by atoms with Crippen LogP contribution < -0.4 is 20.5 Å². The lowest BCUT2D eigenvalue weighted by Gasteiger charge is -2.10. The van der Waals surface area contributed by atoms with Crippen LogP contribution in [0.1, 0.15) is 0 Å². The number of hydrogen-bond donors (Lipinski definition) is 2. The van der Waals surface area contributed by atoms with Gasteiger partial charge in [-0.05, 0) is 17.8 Å². The molecule has 23 heavy (non-hydrogen) atoms. The summed E-state index contributed by atoms with van der Waals surface area (Å²) in [5.41, 5.74) is 5.74. The van der Waals surface area contributed by atoms with Crippen LogP contribution in [0.4, 0.5) is 11.6 Å². The average molecular weight is 334 g/mol. The van der Waals surface area contributed by atoms with Gasteiger partial charge in [-0.2, -0.15) is 0 Å². The minimum absolute atomic E-state index is 0.191. The van der Waals surface area contributed by atoms with Gasteiger partial charge < -0.3 is 20.5 Å². The van der Waals surface area contributed by atoms with Crippen molar-refractivity contribution in [2.45, 2.75) is 10.1 Å². The Morgan fingerprint density at radius 3 is 2.52 bits per heavy atom. The van der Waals surface area contributed by atoms with Crippen LogP contribution in [-0.4, -0.2) is 40.1 Å². The van der Waals surface area contributed by atoms with Crippen LogP contribution in [0, 0.1) is 0 Å². The molecule has 0 bridgehead atoms. The van der Waals surface area contributed by atoms with Gasteiger partial charge in [0.25, 0.3) is 0 Å². The van der Waals surface area contributed by atoms with E-state index in [0.29, 0.717) is 16.7 Å². The molecule has 0 fully saturated rings. The third-order valence-electron chi connectivity index (χ3n) is 2.48. The Bertz CT molecular complexity index is 717. The third-order valence-corrected chi connectivity index (χ3v) is 3.40. The van der Waals surface area contributed by atoms with E-state index < -0.39 is 5.91 Å². The number of carbonyl (C=O) groups excluding carboxylic acids is 1. The molecule has 0 aliphatic carbocycles. The van der Waals surface area contributed by atoms with Crippen LogP contribution in [0.2, 0.25) is 0 Å². The maximum atomic E-state index is 11.4. The van der Waals surface area contributed by atoms with Crippen molar-refractivity contribution < 1.29 is 14.3 Å². The zero-order chi connectivity index (χ0) is 16.8. The summed E-state index contributed by atoms with van der Waals surface area (Å²) in [6, 6.07) is 1.43. The summed E-state index contributed by atoms with van der Waals surface area (Å²) in [6.07, 6.45) is 2.44. The lowest BCUT2D eigenvalue weighted by Crippen LogP contribution is -2.10. The minimum atomic E-state index is -0.405. The molecular weight excluding hydrogens is 320 g/mol. The summed E-state index contributed by atoms with van der Waals surface area (Å²) in [5, 5.41) is 2.79. The van der Waals surface area contributed by atoms with Crippen LogP contribution in [0.15, 0.2) is 35.1 Å². The number of anilines is 2. The first kappa shape index (κ1) is 16.5. The molecule has 2 heterocycles. The summed E-state index contributed by atoms with van der Waals surface area (Å²) < 4.78 is 10.4. The zero-order valence-corrected chi connectivity index (χ0v) is 13.3. The van der Waals surface area contributed by atoms with E-state index in [9.17, 15) is 4.79 Å². The highest BCUT2D eigenvalue weighted by Gasteiger charge is 2.17. The maximum absolute atomic E-state index is 11.4. The first-order valence-corrected chi connectivity index (χ1v) is 7.07. The molecule has 10 heteroatoms. The number of methoxy groups -OCH3 is 2.